The van der Waals surface area contributed by atoms with Crippen molar-refractivity contribution in [1.29, 1.82) is 0 Å². The van der Waals surface area contributed by atoms with E-state index in [4.69, 9.17) is 0 Å². The summed E-state index contributed by atoms with van der Waals surface area (Å²) in [5.41, 5.74) is 2.89. The highest BCUT2D eigenvalue weighted by molar-refractivity contribution is 5.16. The molecule has 0 saturated carbocycles. The second-order valence-corrected chi connectivity index (χ2v) is 3.59. The molecule has 0 aliphatic rings. The van der Waals surface area contributed by atoms with Gasteiger partial charge in [0.15, 0.2) is 0 Å². The molecule has 0 spiro atoms. The van der Waals surface area contributed by atoms with Gasteiger partial charge in [-0.1, -0.05) is 20.3 Å². The van der Waals surface area contributed by atoms with Crippen LogP contribution in [0.1, 0.15) is 38.6 Å². The van der Waals surface area contributed by atoms with E-state index in [1.54, 1.807) is 0 Å². The first-order valence-corrected chi connectivity index (χ1v) is 5.71. The molecule has 1 aromatic rings. The molecule has 0 atom stereocenters. The summed E-state index contributed by atoms with van der Waals surface area (Å²) in [5.74, 6) is 0. The van der Waals surface area contributed by atoms with Gasteiger partial charge >= 0.3 is 0 Å². The van der Waals surface area contributed by atoms with Gasteiger partial charge in [0, 0.05) is 24.5 Å². The van der Waals surface area contributed by atoms with Crippen LogP contribution in [0.3, 0.4) is 0 Å². The normalized spacial score (nSPS) is 10.8. The van der Waals surface area contributed by atoms with E-state index in [0.29, 0.717) is 0 Å². The number of rotatable bonds is 6. The van der Waals surface area contributed by atoms with Crippen molar-refractivity contribution < 1.29 is 0 Å². The first-order chi connectivity index (χ1) is 6.83. The third kappa shape index (κ3) is 2.61. The summed E-state index contributed by atoms with van der Waals surface area (Å²) in [5, 5.41) is 3.37. The Morgan fingerprint density at radius 3 is 2.43 bits per heavy atom. The smallest absolute Gasteiger partial charge is 0.0359 e. The first kappa shape index (κ1) is 11.3. The minimum atomic E-state index is 0.994. The third-order valence-electron chi connectivity index (χ3n) is 2.54. The second kappa shape index (κ2) is 5.86. The lowest BCUT2D eigenvalue weighted by molar-refractivity contribution is 0.621. The van der Waals surface area contributed by atoms with Gasteiger partial charge in [-0.15, -0.1) is 0 Å². The zero-order valence-electron chi connectivity index (χ0n) is 9.64. The summed E-state index contributed by atoms with van der Waals surface area (Å²) < 4.78 is 2.42. The van der Waals surface area contributed by atoms with E-state index in [9.17, 15) is 0 Å². The van der Waals surface area contributed by atoms with E-state index >= 15 is 0 Å². The van der Waals surface area contributed by atoms with Gasteiger partial charge in [-0.05, 0) is 32.0 Å². The molecule has 0 unspecified atom stereocenters. The van der Waals surface area contributed by atoms with Crippen molar-refractivity contribution >= 4 is 0 Å². The molecule has 1 aromatic heterocycles. The molecule has 2 heteroatoms. The maximum absolute atomic E-state index is 3.37. The van der Waals surface area contributed by atoms with Crippen molar-refractivity contribution in [1.82, 2.24) is 9.88 Å². The molecular weight excluding hydrogens is 172 g/mol. The van der Waals surface area contributed by atoms with Crippen molar-refractivity contribution in [3.8, 4) is 0 Å². The van der Waals surface area contributed by atoms with Gasteiger partial charge in [0.2, 0.25) is 0 Å². The first-order valence-electron chi connectivity index (χ1n) is 5.71. The third-order valence-corrected chi connectivity index (χ3v) is 2.54. The van der Waals surface area contributed by atoms with E-state index in [0.717, 1.165) is 19.6 Å². The maximum atomic E-state index is 3.37. The van der Waals surface area contributed by atoms with E-state index in [2.05, 4.69) is 42.8 Å². The minimum absolute atomic E-state index is 0.994. The van der Waals surface area contributed by atoms with Gasteiger partial charge in [-0.25, -0.2) is 0 Å². The van der Waals surface area contributed by atoms with Gasteiger partial charge in [-0.3, -0.25) is 0 Å². The Labute approximate surface area is 87.3 Å². The standard InChI is InChI=1S/C12H22N2/c1-4-7-11-8-9-12(10-13-5-2)14(11)6-3/h8-9,13H,4-7,10H2,1-3H3. The summed E-state index contributed by atoms with van der Waals surface area (Å²) in [7, 11) is 0. The fourth-order valence-electron chi connectivity index (χ4n) is 1.84. The van der Waals surface area contributed by atoms with E-state index < -0.39 is 0 Å². The molecule has 2 nitrogen and oxygen atoms in total. The van der Waals surface area contributed by atoms with Crippen molar-refractivity contribution in [2.45, 2.75) is 46.7 Å². The quantitative estimate of drug-likeness (QED) is 0.736. The Morgan fingerprint density at radius 1 is 1.14 bits per heavy atom. The zero-order chi connectivity index (χ0) is 10.4. The Kier molecular flexibility index (Phi) is 4.74. The number of hydrogen-bond acceptors (Lipinski definition) is 1. The molecule has 0 saturated heterocycles. The predicted molar refractivity (Wildman–Crippen MR) is 61.5 cm³/mol. The molecule has 1 rings (SSSR count). The molecule has 0 amide bonds. The molecule has 1 N–H and O–H groups in total. The van der Waals surface area contributed by atoms with Crippen LogP contribution in [0.2, 0.25) is 0 Å². The van der Waals surface area contributed by atoms with Crippen molar-refractivity contribution in [2.24, 2.45) is 0 Å². The van der Waals surface area contributed by atoms with Gasteiger partial charge in [0.1, 0.15) is 0 Å². The second-order valence-electron chi connectivity index (χ2n) is 3.59. The monoisotopic (exact) mass is 194 g/mol. The lowest BCUT2D eigenvalue weighted by Gasteiger charge is -2.10. The van der Waals surface area contributed by atoms with E-state index in [1.807, 2.05) is 0 Å². The molecule has 0 fully saturated rings. The van der Waals surface area contributed by atoms with Crippen molar-refractivity contribution in [3.05, 3.63) is 23.5 Å². The number of aromatic nitrogens is 1. The van der Waals surface area contributed by atoms with Gasteiger partial charge in [0.25, 0.3) is 0 Å². The SMILES string of the molecule is CCCc1ccc(CNCC)n1CC. The number of aryl methyl sites for hydroxylation is 1. The topological polar surface area (TPSA) is 17.0 Å². The molecule has 1 heterocycles. The Hall–Kier alpha value is -0.760. The minimum Gasteiger partial charge on any atom is -0.348 e. The summed E-state index contributed by atoms with van der Waals surface area (Å²) >= 11 is 0. The molecule has 0 bridgehead atoms. The molecular formula is C12H22N2. The van der Waals surface area contributed by atoms with E-state index in [1.165, 1.54) is 24.2 Å². The van der Waals surface area contributed by atoms with Crippen LogP contribution in [-0.4, -0.2) is 11.1 Å². The van der Waals surface area contributed by atoms with Crippen LogP contribution in [0.4, 0.5) is 0 Å². The highest BCUT2D eigenvalue weighted by Crippen LogP contribution is 2.11. The Bertz CT molecular complexity index is 263. The van der Waals surface area contributed by atoms with Crippen LogP contribution in [0.15, 0.2) is 12.1 Å². The van der Waals surface area contributed by atoms with Crippen molar-refractivity contribution in [2.75, 3.05) is 6.54 Å². The van der Waals surface area contributed by atoms with Crippen molar-refractivity contribution in [3.63, 3.8) is 0 Å². The maximum Gasteiger partial charge on any atom is 0.0359 e. The van der Waals surface area contributed by atoms with Crippen LogP contribution in [0.5, 0.6) is 0 Å². The average molecular weight is 194 g/mol. The lowest BCUT2D eigenvalue weighted by Crippen LogP contribution is -2.16. The summed E-state index contributed by atoms with van der Waals surface area (Å²) in [4.78, 5) is 0. The van der Waals surface area contributed by atoms with Crippen LogP contribution in [0.25, 0.3) is 0 Å². The largest absolute Gasteiger partial charge is 0.348 e. The molecule has 80 valence electrons. The van der Waals surface area contributed by atoms with Crippen LogP contribution >= 0.6 is 0 Å². The van der Waals surface area contributed by atoms with Crippen LogP contribution in [-0.2, 0) is 19.5 Å². The summed E-state index contributed by atoms with van der Waals surface area (Å²) in [6, 6.07) is 4.51. The zero-order valence-corrected chi connectivity index (χ0v) is 9.64. The number of hydrogen-bond donors (Lipinski definition) is 1. The average Bonchev–Trinajstić information content (AvgIpc) is 2.58. The molecule has 0 aromatic carbocycles. The number of nitrogens with zero attached hydrogens (tertiary/aromatic N) is 1. The van der Waals surface area contributed by atoms with Gasteiger partial charge in [-0.2, -0.15) is 0 Å². The molecule has 0 radical (unpaired) electrons. The summed E-state index contributed by atoms with van der Waals surface area (Å²) in [6.45, 7) is 9.72. The highest BCUT2D eigenvalue weighted by atomic mass is 15.0. The predicted octanol–water partition coefficient (Wildman–Crippen LogP) is 2.57. The van der Waals surface area contributed by atoms with Crippen LogP contribution in [0, 0.1) is 0 Å². The lowest BCUT2D eigenvalue weighted by atomic mass is 10.2. The van der Waals surface area contributed by atoms with Crippen LogP contribution < -0.4 is 5.32 Å². The highest BCUT2D eigenvalue weighted by Gasteiger charge is 2.04. The fraction of sp³-hybridized carbons (Fsp3) is 0.667. The molecule has 14 heavy (non-hydrogen) atoms. The van der Waals surface area contributed by atoms with Gasteiger partial charge < -0.3 is 9.88 Å². The number of nitrogens with one attached hydrogen (secondary N) is 1. The fourth-order valence-corrected chi connectivity index (χ4v) is 1.84. The van der Waals surface area contributed by atoms with E-state index in [-0.39, 0.29) is 0 Å². The molecule has 0 aliphatic heterocycles. The Morgan fingerprint density at radius 2 is 1.86 bits per heavy atom. The van der Waals surface area contributed by atoms with Gasteiger partial charge in [0.05, 0.1) is 0 Å². The Balaban J connectivity index is 2.73. The summed E-state index contributed by atoms with van der Waals surface area (Å²) in [6.07, 6.45) is 2.42. The molecule has 0 aliphatic carbocycles.